The third kappa shape index (κ3) is 2.11. The molecule has 0 fully saturated rings. The molecule has 1 rings (SSSR count). The second kappa shape index (κ2) is 3.98. The molecule has 60 valence electrons. The van der Waals surface area contributed by atoms with Crippen LogP contribution in [0.1, 0.15) is 5.56 Å². The number of hydrogen-bond acceptors (Lipinski definition) is 1. The Kier molecular flexibility index (Phi) is 3.21. The van der Waals surface area contributed by atoms with Crippen molar-refractivity contribution >= 4 is 27.5 Å². The first-order valence-corrected chi connectivity index (χ1v) is 4.49. The molecule has 0 atom stereocenters. The van der Waals surface area contributed by atoms with Gasteiger partial charge in [-0.05, 0) is 23.8 Å². The van der Waals surface area contributed by atoms with Crippen molar-refractivity contribution in [3.63, 3.8) is 0 Å². The van der Waals surface area contributed by atoms with Crippen LogP contribution < -0.4 is 4.74 Å². The fraction of sp³-hybridized carbons (Fsp3) is 0.250. The minimum absolute atomic E-state index is 0.498. The Morgan fingerprint density at radius 3 is 2.82 bits per heavy atom. The van der Waals surface area contributed by atoms with E-state index in [-0.39, 0.29) is 0 Å². The summed E-state index contributed by atoms with van der Waals surface area (Å²) in [5.41, 5.74) is 1.05. The van der Waals surface area contributed by atoms with Crippen LogP contribution in [0.25, 0.3) is 0 Å². The van der Waals surface area contributed by atoms with Crippen LogP contribution in [-0.4, -0.2) is 7.11 Å². The molecular formula is C8H8BrClO. The predicted molar refractivity (Wildman–Crippen MR) is 50.3 cm³/mol. The summed E-state index contributed by atoms with van der Waals surface area (Å²) in [5, 5.41) is 0. The van der Waals surface area contributed by atoms with E-state index < -0.39 is 0 Å². The highest BCUT2D eigenvalue weighted by molar-refractivity contribution is 9.10. The van der Waals surface area contributed by atoms with E-state index in [9.17, 15) is 0 Å². The van der Waals surface area contributed by atoms with Crippen molar-refractivity contribution in [3.05, 3.63) is 28.2 Å². The molecular weight excluding hydrogens is 227 g/mol. The van der Waals surface area contributed by atoms with Crippen LogP contribution in [0.2, 0.25) is 0 Å². The van der Waals surface area contributed by atoms with Gasteiger partial charge < -0.3 is 4.74 Å². The van der Waals surface area contributed by atoms with Gasteiger partial charge in [-0.25, -0.2) is 0 Å². The molecule has 0 aliphatic rings. The average molecular weight is 236 g/mol. The lowest BCUT2D eigenvalue weighted by atomic mass is 10.2. The van der Waals surface area contributed by atoms with Gasteiger partial charge in [-0.2, -0.15) is 0 Å². The Bertz CT molecular complexity index is 250. The van der Waals surface area contributed by atoms with Crippen LogP contribution in [0, 0.1) is 0 Å². The number of rotatable bonds is 2. The Morgan fingerprint density at radius 2 is 2.27 bits per heavy atom. The van der Waals surface area contributed by atoms with E-state index in [1.54, 1.807) is 7.11 Å². The lowest BCUT2D eigenvalue weighted by molar-refractivity contribution is 0.414. The van der Waals surface area contributed by atoms with Crippen molar-refractivity contribution in [2.45, 2.75) is 5.88 Å². The van der Waals surface area contributed by atoms with Gasteiger partial charge in [-0.1, -0.05) is 15.9 Å². The lowest BCUT2D eigenvalue weighted by Crippen LogP contribution is -1.85. The molecule has 0 unspecified atom stereocenters. The second-order valence-electron chi connectivity index (χ2n) is 2.09. The van der Waals surface area contributed by atoms with Crippen molar-refractivity contribution < 1.29 is 4.74 Å². The summed E-state index contributed by atoms with van der Waals surface area (Å²) in [5.74, 6) is 1.33. The summed E-state index contributed by atoms with van der Waals surface area (Å²) < 4.78 is 6.05. The van der Waals surface area contributed by atoms with E-state index in [0.717, 1.165) is 15.8 Å². The van der Waals surface area contributed by atoms with Crippen molar-refractivity contribution in [1.29, 1.82) is 0 Å². The zero-order chi connectivity index (χ0) is 8.27. The third-order valence-electron chi connectivity index (χ3n) is 1.40. The van der Waals surface area contributed by atoms with Crippen molar-refractivity contribution in [1.82, 2.24) is 0 Å². The Morgan fingerprint density at radius 1 is 1.55 bits per heavy atom. The maximum atomic E-state index is 5.68. The highest BCUT2D eigenvalue weighted by Crippen LogP contribution is 2.23. The van der Waals surface area contributed by atoms with Crippen molar-refractivity contribution in [2.24, 2.45) is 0 Å². The van der Waals surface area contributed by atoms with Crippen LogP contribution in [0.3, 0.4) is 0 Å². The maximum absolute atomic E-state index is 5.68. The van der Waals surface area contributed by atoms with E-state index in [0.29, 0.717) is 5.88 Å². The molecule has 1 aromatic carbocycles. The smallest absolute Gasteiger partial charge is 0.119 e. The summed E-state index contributed by atoms with van der Waals surface area (Å²) in [6, 6.07) is 5.73. The number of alkyl halides is 1. The van der Waals surface area contributed by atoms with Crippen LogP contribution in [0.15, 0.2) is 22.7 Å². The number of methoxy groups -OCH3 is 1. The summed E-state index contributed by atoms with van der Waals surface area (Å²) in [6.07, 6.45) is 0. The van der Waals surface area contributed by atoms with E-state index in [1.165, 1.54) is 0 Å². The Hall–Kier alpha value is -0.210. The van der Waals surface area contributed by atoms with Gasteiger partial charge in [0.15, 0.2) is 0 Å². The molecule has 1 nitrogen and oxygen atoms in total. The summed E-state index contributed by atoms with van der Waals surface area (Å²) in [6.45, 7) is 0. The topological polar surface area (TPSA) is 9.23 Å². The lowest BCUT2D eigenvalue weighted by Gasteiger charge is -2.03. The molecule has 0 aliphatic heterocycles. The quantitative estimate of drug-likeness (QED) is 0.715. The van der Waals surface area contributed by atoms with Gasteiger partial charge in [0.05, 0.1) is 7.11 Å². The van der Waals surface area contributed by atoms with Gasteiger partial charge in [0, 0.05) is 10.4 Å². The van der Waals surface area contributed by atoms with Crippen LogP contribution in [-0.2, 0) is 5.88 Å². The van der Waals surface area contributed by atoms with Gasteiger partial charge in [0.2, 0.25) is 0 Å². The van der Waals surface area contributed by atoms with E-state index in [2.05, 4.69) is 15.9 Å². The zero-order valence-corrected chi connectivity index (χ0v) is 8.45. The fourth-order valence-corrected chi connectivity index (χ4v) is 1.55. The molecule has 0 spiro atoms. The Balaban J connectivity index is 3.02. The minimum atomic E-state index is 0.498. The van der Waals surface area contributed by atoms with Crippen molar-refractivity contribution in [2.75, 3.05) is 7.11 Å². The van der Waals surface area contributed by atoms with Crippen molar-refractivity contribution in [3.8, 4) is 5.75 Å². The largest absolute Gasteiger partial charge is 0.497 e. The molecule has 1 aromatic rings. The normalized spacial score (nSPS) is 9.73. The Labute approximate surface area is 79.4 Å². The first kappa shape index (κ1) is 8.88. The van der Waals surface area contributed by atoms with E-state index in [1.807, 2.05) is 18.2 Å². The molecule has 0 aliphatic carbocycles. The molecule has 0 N–H and O–H groups in total. The van der Waals surface area contributed by atoms with Gasteiger partial charge in [-0.15, -0.1) is 11.6 Å². The van der Waals surface area contributed by atoms with Crippen LogP contribution >= 0.6 is 27.5 Å². The first-order valence-electron chi connectivity index (χ1n) is 3.16. The van der Waals surface area contributed by atoms with Gasteiger partial charge >= 0.3 is 0 Å². The SMILES string of the molecule is COc1ccc(Br)c(CCl)c1. The molecule has 0 radical (unpaired) electrons. The predicted octanol–water partition coefficient (Wildman–Crippen LogP) is 3.20. The van der Waals surface area contributed by atoms with Crippen LogP contribution in [0.5, 0.6) is 5.75 Å². The van der Waals surface area contributed by atoms with E-state index in [4.69, 9.17) is 16.3 Å². The minimum Gasteiger partial charge on any atom is -0.497 e. The van der Waals surface area contributed by atoms with Gasteiger partial charge in [0.25, 0.3) is 0 Å². The third-order valence-corrected chi connectivity index (χ3v) is 2.46. The molecule has 0 amide bonds. The highest BCUT2D eigenvalue weighted by Gasteiger charge is 1.99. The molecule has 0 saturated carbocycles. The standard InChI is InChI=1S/C8H8BrClO/c1-11-7-2-3-8(9)6(4-7)5-10/h2-4H,5H2,1H3. The van der Waals surface area contributed by atoms with Crippen LogP contribution in [0.4, 0.5) is 0 Å². The zero-order valence-electron chi connectivity index (χ0n) is 6.10. The number of halogens is 2. The van der Waals surface area contributed by atoms with E-state index >= 15 is 0 Å². The molecule has 0 heterocycles. The number of hydrogen-bond donors (Lipinski definition) is 0. The van der Waals surface area contributed by atoms with Gasteiger partial charge in [-0.3, -0.25) is 0 Å². The summed E-state index contributed by atoms with van der Waals surface area (Å²) >= 11 is 9.06. The molecule has 0 aromatic heterocycles. The second-order valence-corrected chi connectivity index (χ2v) is 3.21. The molecule has 0 saturated heterocycles. The summed E-state index contributed by atoms with van der Waals surface area (Å²) in [4.78, 5) is 0. The molecule has 0 bridgehead atoms. The maximum Gasteiger partial charge on any atom is 0.119 e. The summed E-state index contributed by atoms with van der Waals surface area (Å²) in [7, 11) is 1.64. The highest BCUT2D eigenvalue weighted by atomic mass is 79.9. The van der Waals surface area contributed by atoms with Gasteiger partial charge in [0.1, 0.15) is 5.75 Å². The average Bonchev–Trinajstić information content (AvgIpc) is 2.05. The molecule has 11 heavy (non-hydrogen) atoms. The number of benzene rings is 1. The monoisotopic (exact) mass is 234 g/mol. The fourth-order valence-electron chi connectivity index (χ4n) is 0.780. The first-order chi connectivity index (χ1) is 5.27. The molecule has 3 heteroatoms. The number of ether oxygens (including phenoxy) is 1.